The van der Waals surface area contributed by atoms with Crippen molar-refractivity contribution in [1.82, 2.24) is 15.2 Å². The Bertz CT molecular complexity index is 988. The molecule has 2 aromatic carbocycles. The van der Waals surface area contributed by atoms with Crippen molar-refractivity contribution in [3.8, 4) is 10.6 Å². The summed E-state index contributed by atoms with van der Waals surface area (Å²) in [6.07, 6.45) is 0.119. The van der Waals surface area contributed by atoms with Gasteiger partial charge in [-0.05, 0) is 17.7 Å². The van der Waals surface area contributed by atoms with Crippen LogP contribution in [0.5, 0.6) is 0 Å². The Labute approximate surface area is 165 Å². The van der Waals surface area contributed by atoms with Gasteiger partial charge in [0.05, 0.1) is 12.1 Å². The van der Waals surface area contributed by atoms with Crippen LogP contribution in [-0.4, -0.2) is 34.8 Å². The third-order valence-electron chi connectivity index (χ3n) is 4.62. The Balaban J connectivity index is 1.53. The molecule has 5 nitrogen and oxygen atoms in total. The lowest BCUT2D eigenvalue weighted by Gasteiger charge is -2.35. The van der Waals surface area contributed by atoms with Crippen LogP contribution in [0.4, 0.5) is 4.39 Å². The van der Waals surface area contributed by atoms with E-state index in [4.69, 9.17) is 0 Å². The first-order chi connectivity index (χ1) is 13.6. The van der Waals surface area contributed by atoms with Crippen molar-refractivity contribution >= 4 is 23.2 Å². The van der Waals surface area contributed by atoms with E-state index >= 15 is 0 Å². The third kappa shape index (κ3) is 3.80. The van der Waals surface area contributed by atoms with E-state index in [-0.39, 0.29) is 24.1 Å². The van der Waals surface area contributed by atoms with Gasteiger partial charge in [0.1, 0.15) is 16.9 Å². The number of carbonyl (C=O) groups excluding carboxylic acids is 2. The first-order valence-electron chi connectivity index (χ1n) is 8.94. The van der Waals surface area contributed by atoms with E-state index in [1.807, 2.05) is 35.7 Å². The second-order valence-electron chi connectivity index (χ2n) is 6.52. The highest BCUT2D eigenvalue weighted by Crippen LogP contribution is 2.26. The van der Waals surface area contributed by atoms with Gasteiger partial charge in [-0.3, -0.25) is 9.59 Å². The van der Waals surface area contributed by atoms with E-state index < -0.39 is 6.04 Å². The molecule has 28 heavy (non-hydrogen) atoms. The zero-order valence-electron chi connectivity index (χ0n) is 15.0. The number of hydrogen-bond acceptors (Lipinski definition) is 4. The van der Waals surface area contributed by atoms with E-state index in [1.54, 1.807) is 17.0 Å². The maximum atomic E-state index is 13.2. The highest BCUT2D eigenvalue weighted by atomic mass is 32.1. The molecule has 1 N–H and O–H groups in total. The molecule has 1 aromatic heterocycles. The molecule has 1 saturated heterocycles. The van der Waals surface area contributed by atoms with Crippen LogP contribution < -0.4 is 5.32 Å². The summed E-state index contributed by atoms with van der Waals surface area (Å²) in [5, 5.41) is 5.51. The number of nitrogens with one attached hydrogen (secondary N) is 1. The largest absolute Gasteiger partial charge is 0.352 e. The summed E-state index contributed by atoms with van der Waals surface area (Å²) in [4.78, 5) is 31.5. The predicted molar refractivity (Wildman–Crippen MR) is 105 cm³/mol. The van der Waals surface area contributed by atoms with Crippen molar-refractivity contribution in [3.63, 3.8) is 0 Å². The topological polar surface area (TPSA) is 62.3 Å². The van der Waals surface area contributed by atoms with Gasteiger partial charge >= 0.3 is 0 Å². The number of nitrogens with zero attached hydrogens (tertiary/aromatic N) is 2. The van der Waals surface area contributed by atoms with Crippen molar-refractivity contribution in [3.05, 3.63) is 77.1 Å². The Morgan fingerprint density at radius 2 is 1.93 bits per heavy atom. The molecule has 142 valence electrons. The SMILES string of the molecule is O=C1NCCN(C(=O)Cc2csc(-c3ccccc3)n2)C1c1ccc(F)cc1. The van der Waals surface area contributed by atoms with Gasteiger partial charge in [-0.15, -0.1) is 11.3 Å². The quantitative estimate of drug-likeness (QED) is 0.738. The molecule has 0 spiro atoms. The van der Waals surface area contributed by atoms with Crippen LogP contribution in [-0.2, 0) is 16.0 Å². The van der Waals surface area contributed by atoms with Crippen LogP contribution in [0.2, 0.25) is 0 Å². The van der Waals surface area contributed by atoms with Crippen LogP contribution >= 0.6 is 11.3 Å². The van der Waals surface area contributed by atoms with Crippen LogP contribution in [0.25, 0.3) is 10.6 Å². The monoisotopic (exact) mass is 395 g/mol. The molecule has 7 heteroatoms. The highest BCUT2D eigenvalue weighted by Gasteiger charge is 2.34. The van der Waals surface area contributed by atoms with Crippen LogP contribution in [0.1, 0.15) is 17.3 Å². The van der Waals surface area contributed by atoms with Crippen molar-refractivity contribution in [2.45, 2.75) is 12.5 Å². The smallest absolute Gasteiger partial charge is 0.247 e. The van der Waals surface area contributed by atoms with E-state index in [9.17, 15) is 14.0 Å². The number of thiazole rings is 1. The minimum absolute atomic E-state index is 0.119. The summed E-state index contributed by atoms with van der Waals surface area (Å²) in [5.74, 6) is -0.808. The summed E-state index contributed by atoms with van der Waals surface area (Å²) in [5.41, 5.74) is 2.28. The van der Waals surface area contributed by atoms with Gasteiger partial charge in [0.25, 0.3) is 0 Å². The standard InChI is InChI=1S/C21H18FN3O2S/c22-16-8-6-14(7-9-16)19-20(27)23-10-11-25(19)18(26)12-17-13-28-21(24-17)15-4-2-1-3-5-15/h1-9,13,19H,10-12H2,(H,23,27). The average molecular weight is 395 g/mol. The van der Waals surface area contributed by atoms with Gasteiger partial charge in [-0.25, -0.2) is 9.37 Å². The molecule has 1 unspecified atom stereocenters. The first kappa shape index (κ1) is 18.3. The predicted octanol–water partition coefficient (Wildman–Crippen LogP) is 3.19. The first-order valence-corrected chi connectivity index (χ1v) is 9.82. The number of rotatable bonds is 4. The number of amides is 2. The lowest BCUT2D eigenvalue weighted by Crippen LogP contribution is -2.52. The fourth-order valence-electron chi connectivity index (χ4n) is 3.27. The molecule has 0 saturated carbocycles. The van der Waals surface area contributed by atoms with E-state index in [1.165, 1.54) is 23.5 Å². The molecule has 1 atom stereocenters. The minimum Gasteiger partial charge on any atom is -0.352 e. The zero-order chi connectivity index (χ0) is 19.5. The number of benzene rings is 2. The minimum atomic E-state index is -0.755. The Kier molecular flexibility index (Phi) is 5.16. The summed E-state index contributed by atoms with van der Waals surface area (Å²) >= 11 is 1.49. The molecule has 0 radical (unpaired) electrons. The molecule has 4 rings (SSSR count). The number of aromatic nitrogens is 1. The number of hydrogen-bond donors (Lipinski definition) is 1. The summed E-state index contributed by atoms with van der Waals surface area (Å²) < 4.78 is 13.2. The van der Waals surface area contributed by atoms with Gasteiger partial charge < -0.3 is 10.2 Å². The van der Waals surface area contributed by atoms with E-state index in [0.29, 0.717) is 24.3 Å². The number of carbonyl (C=O) groups is 2. The van der Waals surface area contributed by atoms with Crippen molar-refractivity contribution in [2.75, 3.05) is 13.1 Å². The molecular weight excluding hydrogens is 377 g/mol. The molecule has 0 aliphatic carbocycles. The highest BCUT2D eigenvalue weighted by molar-refractivity contribution is 7.13. The molecular formula is C21H18FN3O2S. The Hall–Kier alpha value is -3.06. The molecule has 0 bridgehead atoms. The summed E-state index contributed by atoms with van der Waals surface area (Å²) in [6, 6.07) is 14.7. The molecule has 3 aromatic rings. The average Bonchev–Trinajstić information content (AvgIpc) is 3.18. The molecule has 2 heterocycles. The molecule has 1 aliphatic rings. The van der Waals surface area contributed by atoms with Gasteiger partial charge in [0.2, 0.25) is 11.8 Å². The summed E-state index contributed by atoms with van der Waals surface area (Å²) in [6.45, 7) is 0.802. The Morgan fingerprint density at radius 1 is 1.18 bits per heavy atom. The normalized spacial score (nSPS) is 16.7. The number of halogens is 1. The van der Waals surface area contributed by atoms with Crippen LogP contribution in [0.3, 0.4) is 0 Å². The van der Waals surface area contributed by atoms with E-state index in [0.717, 1.165) is 10.6 Å². The van der Waals surface area contributed by atoms with Gasteiger partial charge in [-0.1, -0.05) is 42.5 Å². The van der Waals surface area contributed by atoms with E-state index in [2.05, 4.69) is 10.3 Å². The van der Waals surface area contributed by atoms with Crippen molar-refractivity contribution in [2.24, 2.45) is 0 Å². The fraction of sp³-hybridized carbons (Fsp3) is 0.190. The zero-order valence-corrected chi connectivity index (χ0v) is 15.8. The van der Waals surface area contributed by atoms with Crippen LogP contribution in [0.15, 0.2) is 60.0 Å². The third-order valence-corrected chi connectivity index (χ3v) is 5.56. The fourth-order valence-corrected chi connectivity index (χ4v) is 4.10. The van der Waals surface area contributed by atoms with Crippen molar-refractivity contribution < 1.29 is 14.0 Å². The van der Waals surface area contributed by atoms with Gasteiger partial charge in [-0.2, -0.15) is 0 Å². The molecule has 1 aliphatic heterocycles. The maximum Gasteiger partial charge on any atom is 0.247 e. The van der Waals surface area contributed by atoms with Gasteiger partial charge in [0, 0.05) is 24.0 Å². The molecule has 2 amide bonds. The van der Waals surface area contributed by atoms with Crippen LogP contribution in [0, 0.1) is 5.82 Å². The number of piperazine rings is 1. The lowest BCUT2D eigenvalue weighted by molar-refractivity contribution is -0.143. The van der Waals surface area contributed by atoms with Crippen molar-refractivity contribution in [1.29, 1.82) is 0 Å². The summed E-state index contributed by atoms with van der Waals surface area (Å²) in [7, 11) is 0. The molecule has 1 fully saturated rings. The second-order valence-corrected chi connectivity index (χ2v) is 7.38. The lowest BCUT2D eigenvalue weighted by atomic mass is 10.0. The Morgan fingerprint density at radius 3 is 2.68 bits per heavy atom. The van der Waals surface area contributed by atoms with Gasteiger partial charge in [0.15, 0.2) is 0 Å². The maximum absolute atomic E-state index is 13.2. The second kappa shape index (κ2) is 7.90.